The van der Waals surface area contributed by atoms with Crippen molar-refractivity contribution in [3.05, 3.63) is 34.3 Å². The minimum absolute atomic E-state index is 0. The fourth-order valence-electron chi connectivity index (χ4n) is 3.46. The van der Waals surface area contributed by atoms with Gasteiger partial charge in [-0.15, -0.1) is 12.4 Å². The van der Waals surface area contributed by atoms with Crippen LogP contribution in [0.4, 0.5) is 0 Å². The molecule has 2 aliphatic rings. The van der Waals surface area contributed by atoms with Crippen LogP contribution in [-0.2, 0) is 10.2 Å². The number of carbonyl (C=O) groups is 1. The highest BCUT2D eigenvalue weighted by Gasteiger charge is 2.39. The van der Waals surface area contributed by atoms with Gasteiger partial charge in [0.1, 0.15) is 0 Å². The van der Waals surface area contributed by atoms with Crippen molar-refractivity contribution in [3.8, 4) is 0 Å². The predicted molar refractivity (Wildman–Crippen MR) is 95.5 cm³/mol. The molecule has 0 spiro atoms. The van der Waals surface area contributed by atoms with Gasteiger partial charge in [0.25, 0.3) is 0 Å². The molecule has 122 valence electrons. The molecule has 1 aliphatic carbocycles. The Morgan fingerprint density at radius 2 is 1.86 bits per heavy atom. The lowest BCUT2D eigenvalue weighted by Crippen LogP contribution is -2.48. The molecule has 3 rings (SSSR count). The van der Waals surface area contributed by atoms with Crippen molar-refractivity contribution < 1.29 is 4.79 Å². The van der Waals surface area contributed by atoms with Crippen molar-refractivity contribution in [1.82, 2.24) is 10.6 Å². The Balaban J connectivity index is 0.00000176. The summed E-state index contributed by atoms with van der Waals surface area (Å²) in [6.45, 7) is 2.73. The summed E-state index contributed by atoms with van der Waals surface area (Å²) < 4.78 is 1.11. The van der Waals surface area contributed by atoms with Gasteiger partial charge in [0.15, 0.2) is 0 Å². The van der Waals surface area contributed by atoms with Crippen LogP contribution in [0.15, 0.2) is 28.7 Å². The molecule has 0 bridgehead atoms. The molecule has 2 N–H and O–H groups in total. The maximum absolute atomic E-state index is 12.3. The second kappa shape index (κ2) is 7.80. The Bertz CT molecular complexity index is 496. The molecule has 1 aliphatic heterocycles. The molecule has 0 unspecified atom stereocenters. The van der Waals surface area contributed by atoms with E-state index in [1.54, 1.807) is 0 Å². The number of rotatable bonds is 4. The highest BCUT2D eigenvalue weighted by atomic mass is 79.9. The summed E-state index contributed by atoms with van der Waals surface area (Å²) in [7, 11) is 0. The normalized spacial score (nSPS) is 20.6. The predicted octanol–water partition coefficient (Wildman–Crippen LogP) is 3.41. The molecular weight excluding hydrogens is 364 g/mol. The Kier molecular flexibility index (Phi) is 6.30. The minimum atomic E-state index is 0. The Morgan fingerprint density at radius 3 is 2.41 bits per heavy atom. The topological polar surface area (TPSA) is 41.1 Å². The molecule has 5 heteroatoms. The summed E-state index contributed by atoms with van der Waals surface area (Å²) in [5, 5.41) is 6.54. The number of piperidine rings is 1. The van der Waals surface area contributed by atoms with Gasteiger partial charge in [0.05, 0.1) is 0 Å². The molecule has 1 aromatic rings. The molecule has 0 aromatic heterocycles. The third kappa shape index (κ3) is 3.84. The van der Waals surface area contributed by atoms with Crippen molar-refractivity contribution in [2.45, 2.75) is 37.5 Å². The summed E-state index contributed by atoms with van der Waals surface area (Å²) in [5.41, 5.74) is 1.53. The molecule has 22 heavy (non-hydrogen) atoms. The van der Waals surface area contributed by atoms with Crippen LogP contribution >= 0.6 is 28.3 Å². The molecule has 1 saturated carbocycles. The van der Waals surface area contributed by atoms with Crippen LogP contribution in [0.25, 0.3) is 0 Å². The first-order valence-electron chi connectivity index (χ1n) is 7.94. The summed E-state index contributed by atoms with van der Waals surface area (Å²) in [6.07, 6.45) is 5.57. The SMILES string of the molecule is Cl.O=C(NCC1(c2ccc(Br)cc2)CCC1)C1CCNCC1. The number of hydrogen-bond acceptors (Lipinski definition) is 2. The van der Waals surface area contributed by atoms with Gasteiger partial charge in [-0.1, -0.05) is 34.5 Å². The lowest BCUT2D eigenvalue weighted by Gasteiger charge is -2.43. The summed E-state index contributed by atoms with van der Waals surface area (Å²) in [4.78, 5) is 12.3. The third-order valence-corrected chi connectivity index (χ3v) is 5.61. The second-order valence-electron chi connectivity index (χ2n) is 6.38. The first-order valence-corrected chi connectivity index (χ1v) is 8.73. The van der Waals surface area contributed by atoms with Crippen molar-refractivity contribution in [2.75, 3.05) is 19.6 Å². The van der Waals surface area contributed by atoms with E-state index in [9.17, 15) is 4.79 Å². The maximum Gasteiger partial charge on any atom is 0.223 e. The molecule has 1 heterocycles. The average molecular weight is 388 g/mol. The van der Waals surface area contributed by atoms with E-state index in [-0.39, 0.29) is 29.6 Å². The Morgan fingerprint density at radius 1 is 1.23 bits per heavy atom. The van der Waals surface area contributed by atoms with E-state index >= 15 is 0 Å². The summed E-state index contributed by atoms with van der Waals surface area (Å²) in [5.74, 6) is 0.452. The number of hydrogen-bond donors (Lipinski definition) is 2. The largest absolute Gasteiger partial charge is 0.355 e. The lowest BCUT2D eigenvalue weighted by atomic mass is 9.64. The number of halogens is 2. The highest BCUT2D eigenvalue weighted by Crippen LogP contribution is 2.43. The van der Waals surface area contributed by atoms with Crippen molar-refractivity contribution >= 4 is 34.2 Å². The first-order chi connectivity index (χ1) is 10.2. The quantitative estimate of drug-likeness (QED) is 0.831. The van der Waals surface area contributed by atoms with Crippen molar-refractivity contribution in [2.24, 2.45) is 5.92 Å². The minimum Gasteiger partial charge on any atom is -0.355 e. The van der Waals surface area contributed by atoms with Crippen LogP contribution < -0.4 is 10.6 Å². The van der Waals surface area contributed by atoms with Gasteiger partial charge in [-0.25, -0.2) is 0 Å². The van der Waals surface area contributed by atoms with E-state index < -0.39 is 0 Å². The van der Waals surface area contributed by atoms with Crippen LogP contribution in [0, 0.1) is 5.92 Å². The number of nitrogens with one attached hydrogen (secondary N) is 2. The summed E-state index contributed by atoms with van der Waals surface area (Å²) >= 11 is 3.49. The van der Waals surface area contributed by atoms with E-state index in [0.29, 0.717) is 0 Å². The number of benzene rings is 1. The van der Waals surface area contributed by atoms with Gasteiger partial charge in [-0.3, -0.25) is 4.79 Å². The Labute approximate surface area is 147 Å². The van der Waals surface area contributed by atoms with E-state index in [0.717, 1.165) is 36.9 Å². The van der Waals surface area contributed by atoms with Crippen LogP contribution in [0.5, 0.6) is 0 Å². The van der Waals surface area contributed by atoms with Crippen LogP contribution in [0.3, 0.4) is 0 Å². The second-order valence-corrected chi connectivity index (χ2v) is 7.30. The van der Waals surface area contributed by atoms with Crippen LogP contribution in [-0.4, -0.2) is 25.5 Å². The zero-order valence-electron chi connectivity index (χ0n) is 12.7. The molecule has 2 fully saturated rings. The molecule has 0 atom stereocenters. The van der Waals surface area contributed by atoms with Gasteiger partial charge in [-0.2, -0.15) is 0 Å². The van der Waals surface area contributed by atoms with Gasteiger partial charge in [0.2, 0.25) is 5.91 Å². The molecule has 1 saturated heterocycles. The maximum atomic E-state index is 12.3. The van der Waals surface area contributed by atoms with Crippen molar-refractivity contribution in [3.63, 3.8) is 0 Å². The summed E-state index contributed by atoms with van der Waals surface area (Å²) in [6, 6.07) is 8.59. The van der Waals surface area contributed by atoms with Crippen molar-refractivity contribution in [1.29, 1.82) is 0 Å². The number of amides is 1. The zero-order valence-corrected chi connectivity index (χ0v) is 15.1. The lowest BCUT2D eigenvalue weighted by molar-refractivity contribution is -0.126. The molecule has 0 radical (unpaired) electrons. The molecule has 3 nitrogen and oxygen atoms in total. The fourth-order valence-corrected chi connectivity index (χ4v) is 3.72. The van der Waals surface area contributed by atoms with Gasteiger partial charge in [-0.05, 0) is 56.5 Å². The zero-order chi connectivity index (χ0) is 14.7. The van der Waals surface area contributed by atoms with Gasteiger partial charge in [0, 0.05) is 22.4 Å². The van der Waals surface area contributed by atoms with Crippen LogP contribution in [0.2, 0.25) is 0 Å². The van der Waals surface area contributed by atoms with Gasteiger partial charge >= 0.3 is 0 Å². The fraction of sp³-hybridized carbons (Fsp3) is 0.588. The first kappa shape index (κ1) is 17.8. The third-order valence-electron chi connectivity index (χ3n) is 5.08. The monoisotopic (exact) mass is 386 g/mol. The standard InChI is InChI=1S/C17H23BrN2O.ClH/c18-15-4-2-14(3-5-15)17(8-1-9-17)12-20-16(21)13-6-10-19-11-7-13;/h2-5,13,19H,1,6-12H2,(H,20,21);1H. The number of carbonyl (C=O) groups excluding carboxylic acids is 1. The molecular formula is C17H24BrClN2O. The smallest absolute Gasteiger partial charge is 0.223 e. The highest BCUT2D eigenvalue weighted by molar-refractivity contribution is 9.10. The van der Waals surface area contributed by atoms with E-state index in [1.165, 1.54) is 24.8 Å². The Hall–Kier alpha value is -0.580. The molecule has 1 amide bonds. The van der Waals surface area contributed by atoms with E-state index in [1.807, 2.05) is 0 Å². The van der Waals surface area contributed by atoms with Crippen LogP contribution in [0.1, 0.15) is 37.7 Å². The van der Waals surface area contributed by atoms with Gasteiger partial charge < -0.3 is 10.6 Å². The van der Waals surface area contributed by atoms with E-state index in [2.05, 4.69) is 50.8 Å². The average Bonchev–Trinajstić information content (AvgIpc) is 2.48. The van der Waals surface area contributed by atoms with E-state index in [4.69, 9.17) is 0 Å². The molecule has 1 aromatic carbocycles.